The number of aromatic nitrogens is 1. The second kappa shape index (κ2) is 7.46. The van der Waals surface area contributed by atoms with E-state index in [0.29, 0.717) is 0 Å². The van der Waals surface area contributed by atoms with Crippen LogP contribution >= 0.6 is 23.1 Å². The first-order valence-electron chi connectivity index (χ1n) is 11.0. The summed E-state index contributed by atoms with van der Waals surface area (Å²) in [5.74, 6) is -1.51. The maximum atomic E-state index is 13.3. The molecule has 2 bridgehead atoms. The number of imide groups is 1. The molecule has 0 unspecified atom stereocenters. The largest absolute Gasteiger partial charge is 0.496 e. The first-order chi connectivity index (χ1) is 15.9. The number of likely N-dealkylation sites (tertiary alicyclic amines) is 1. The van der Waals surface area contributed by atoms with Crippen molar-refractivity contribution in [2.45, 2.75) is 29.0 Å². The van der Waals surface area contributed by atoms with Gasteiger partial charge >= 0.3 is 10.8 Å². The number of aromatic amines is 1. The van der Waals surface area contributed by atoms with Crippen molar-refractivity contribution in [3.8, 4) is 5.75 Å². The fourth-order valence-corrected chi connectivity index (χ4v) is 9.66. The number of rotatable bonds is 5. The number of nitrogens with one attached hydrogen (secondary N) is 1. The topological polar surface area (TPSA) is 117 Å². The van der Waals surface area contributed by atoms with Crippen LogP contribution < -0.4 is 9.61 Å². The SMILES string of the molecule is COc1ccccc1[C@H]1c2sc(=O)[nH]c2S[C@@H]2[C@@H]3C[C@H]([C@H]4C(=O)N(CCC(=O)O)C(=O)[C@H]34)[C@H]12. The van der Waals surface area contributed by atoms with Gasteiger partial charge in [0.05, 0.1) is 30.4 Å². The molecule has 1 aromatic carbocycles. The Bertz CT molecular complexity index is 1240. The molecule has 2 N–H and O–H groups in total. The molecule has 3 heterocycles. The fraction of sp³-hybridized carbons (Fsp3) is 0.478. The predicted molar refractivity (Wildman–Crippen MR) is 120 cm³/mol. The van der Waals surface area contributed by atoms with E-state index in [4.69, 9.17) is 9.84 Å². The van der Waals surface area contributed by atoms with Crippen LogP contribution in [0.25, 0.3) is 0 Å². The van der Waals surface area contributed by atoms with E-state index in [-0.39, 0.29) is 58.6 Å². The van der Waals surface area contributed by atoms with Gasteiger partial charge in [0.2, 0.25) is 11.8 Å². The summed E-state index contributed by atoms with van der Waals surface area (Å²) in [6.07, 6.45) is 0.558. The molecule has 10 heteroatoms. The fourth-order valence-electron chi connectivity index (χ4n) is 6.78. The van der Waals surface area contributed by atoms with Gasteiger partial charge in [-0.1, -0.05) is 29.5 Å². The molecule has 7 atom stereocenters. The molecule has 2 aromatic rings. The van der Waals surface area contributed by atoms with Gasteiger partial charge in [-0.15, -0.1) is 11.8 Å². The van der Waals surface area contributed by atoms with E-state index in [1.165, 1.54) is 16.2 Å². The first-order valence-corrected chi connectivity index (χ1v) is 12.7. The van der Waals surface area contributed by atoms with Crippen LogP contribution in [0.15, 0.2) is 34.1 Å². The lowest BCUT2D eigenvalue weighted by Crippen LogP contribution is -2.42. The van der Waals surface area contributed by atoms with E-state index in [0.717, 1.165) is 27.6 Å². The monoisotopic (exact) mass is 486 g/mol. The summed E-state index contributed by atoms with van der Waals surface area (Å²) < 4.78 is 5.67. The Balaban J connectivity index is 1.43. The third-order valence-electron chi connectivity index (χ3n) is 7.84. The summed E-state index contributed by atoms with van der Waals surface area (Å²) in [5.41, 5.74) is 0.996. The van der Waals surface area contributed by atoms with Crippen molar-refractivity contribution in [3.05, 3.63) is 44.4 Å². The number of carbonyl (C=O) groups excluding carboxylic acids is 2. The highest BCUT2D eigenvalue weighted by molar-refractivity contribution is 8.00. The number of para-hydroxylation sites is 1. The van der Waals surface area contributed by atoms with Gasteiger partial charge in [0.1, 0.15) is 5.75 Å². The molecular formula is C23H22N2O6S2. The van der Waals surface area contributed by atoms with Gasteiger partial charge in [-0.3, -0.25) is 24.1 Å². The maximum absolute atomic E-state index is 13.3. The van der Waals surface area contributed by atoms with Crippen LogP contribution in [0.3, 0.4) is 0 Å². The molecule has 8 nitrogen and oxygen atoms in total. The van der Waals surface area contributed by atoms with Gasteiger partial charge in [0, 0.05) is 28.2 Å². The summed E-state index contributed by atoms with van der Waals surface area (Å²) in [5, 5.41) is 10.0. The number of ether oxygens (including phenoxy) is 1. The van der Waals surface area contributed by atoms with Crippen molar-refractivity contribution < 1.29 is 24.2 Å². The molecule has 2 saturated carbocycles. The summed E-state index contributed by atoms with van der Waals surface area (Å²) in [4.78, 5) is 54.9. The smallest absolute Gasteiger partial charge is 0.305 e. The van der Waals surface area contributed by atoms with Crippen molar-refractivity contribution in [2.75, 3.05) is 13.7 Å². The van der Waals surface area contributed by atoms with Crippen LogP contribution in [-0.2, 0) is 14.4 Å². The molecule has 1 saturated heterocycles. The molecule has 0 spiro atoms. The number of carbonyl (C=O) groups is 3. The van der Waals surface area contributed by atoms with E-state index in [1.54, 1.807) is 18.9 Å². The van der Waals surface area contributed by atoms with Crippen molar-refractivity contribution >= 4 is 40.9 Å². The Hall–Kier alpha value is -2.59. The molecule has 1 aromatic heterocycles. The first kappa shape index (κ1) is 21.0. The number of methoxy groups -OCH3 is 1. The van der Waals surface area contributed by atoms with Gasteiger partial charge < -0.3 is 14.8 Å². The van der Waals surface area contributed by atoms with E-state index in [1.807, 2.05) is 24.3 Å². The zero-order valence-electron chi connectivity index (χ0n) is 17.7. The summed E-state index contributed by atoms with van der Waals surface area (Å²) in [6, 6.07) is 7.80. The molecule has 4 aliphatic rings. The minimum Gasteiger partial charge on any atom is -0.496 e. The van der Waals surface area contributed by atoms with Gasteiger partial charge in [-0.2, -0.15) is 0 Å². The van der Waals surface area contributed by atoms with E-state index in [2.05, 4.69) is 4.98 Å². The minimum atomic E-state index is -1.02. The number of aliphatic carboxylic acids is 1. The zero-order valence-corrected chi connectivity index (χ0v) is 19.4. The normalized spacial score (nSPS) is 33.7. The Morgan fingerprint density at radius 1 is 1.18 bits per heavy atom. The Kier molecular flexibility index (Phi) is 4.74. The van der Waals surface area contributed by atoms with Crippen LogP contribution in [0.1, 0.15) is 29.2 Å². The summed E-state index contributed by atoms with van der Waals surface area (Å²) >= 11 is 2.85. The highest BCUT2D eigenvalue weighted by atomic mass is 32.2. The summed E-state index contributed by atoms with van der Waals surface area (Å²) in [6.45, 7) is -0.0709. The Morgan fingerprint density at radius 2 is 1.91 bits per heavy atom. The predicted octanol–water partition coefficient (Wildman–Crippen LogP) is 2.39. The van der Waals surface area contributed by atoms with Gasteiger partial charge in [0.15, 0.2) is 0 Å². The number of thioether (sulfide) groups is 1. The number of H-pyrrole nitrogens is 1. The Labute approximate surface area is 197 Å². The number of nitrogens with zero attached hydrogens (tertiary/aromatic N) is 1. The highest BCUT2D eigenvalue weighted by Crippen LogP contribution is 2.68. The van der Waals surface area contributed by atoms with Crippen molar-refractivity contribution in [3.63, 3.8) is 0 Å². The van der Waals surface area contributed by atoms with Crippen molar-refractivity contribution in [2.24, 2.45) is 29.6 Å². The van der Waals surface area contributed by atoms with Gasteiger partial charge in [0.25, 0.3) is 0 Å². The van der Waals surface area contributed by atoms with Crippen LogP contribution in [0, 0.1) is 29.6 Å². The van der Waals surface area contributed by atoms with Crippen molar-refractivity contribution in [1.82, 2.24) is 9.88 Å². The molecule has 6 rings (SSSR count). The number of carboxylic acid groups (broad SMARTS) is 1. The molecule has 2 amide bonds. The number of benzene rings is 1. The van der Waals surface area contributed by atoms with Gasteiger partial charge in [-0.25, -0.2) is 0 Å². The quantitative estimate of drug-likeness (QED) is 0.623. The molecule has 2 aliphatic heterocycles. The molecular weight excluding hydrogens is 464 g/mol. The highest BCUT2D eigenvalue weighted by Gasteiger charge is 2.69. The lowest BCUT2D eigenvalue weighted by molar-refractivity contribution is -0.142. The molecule has 3 fully saturated rings. The maximum Gasteiger partial charge on any atom is 0.305 e. The number of hydrogen-bond acceptors (Lipinski definition) is 7. The molecule has 33 heavy (non-hydrogen) atoms. The third kappa shape index (κ3) is 2.89. The molecule has 0 radical (unpaired) electrons. The lowest BCUT2D eigenvalue weighted by atomic mass is 9.68. The van der Waals surface area contributed by atoms with E-state index in [9.17, 15) is 19.2 Å². The van der Waals surface area contributed by atoms with E-state index >= 15 is 0 Å². The number of carboxylic acids is 1. The number of fused-ring (bicyclic) bond motifs is 9. The molecule has 2 aliphatic carbocycles. The zero-order chi connectivity index (χ0) is 23.0. The number of thiazole rings is 1. The lowest BCUT2D eigenvalue weighted by Gasteiger charge is -2.43. The molecule has 172 valence electrons. The van der Waals surface area contributed by atoms with Crippen LogP contribution in [0.5, 0.6) is 5.75 Å². The minimum absolute atomic E-state index is 0.00374. The summed E-state index contributed by atoms with van der Waals surface area (Å²) in [7, 11) is 1.63. The standard InChI is InChI=1S/C23H22N2O6S2/c1-31-12-5-3-2-4-9(12)14-15-10-8-11(18(15)32-20-19(14)33-23(30)24-20)17-16(10)21(28)25(22(17)29)7-6-13(26)27/h2-5,10-11,14-18H,6-8H2,1H3,(H,24,30)(H,26,27)/t10-,11+,14+,15+,16+,17+,18+/m0/s1. The van der Waals surface area contributed by atoms with Crippen LogP contribution in [0.4, 0.5) is 0 Å². The Morgan fingerprint density at radius 3 is 2.64 bits per heavy atom. The second-order valence-electron chi connectivity index (χ2n) is 9.17. The number of hydrogen-bond donors (Lipinski definition) is 2. The average molecular weight is 487 g/mol. The van der Waals surface area contributed by atoms with Gasteiger partial charge in [-0.05, 0) is 30.2 Å². The van der Waals surface area contributed by atoms with Crippen molar-refractivity contribution in [1.29, 1.82) is 0 Å². The number of amides is 2. The van der Waals surface area contributed by atoms with Crippen LogP contribution in [0.2, 0.25) is 0 Å². The third-order valence-corrected chi connectivity index (χ3v) is 10.4. The second-order valence-corrected chi connectivity index (χ2v) is 11.4. The average Bonchev–Trinajstić information content (AvgIpc) is 3.51. The van der Waals surface area contributed by atoms with Crippen LogP contribution in [-0.4, -0.2) is 51.7 Å². The van der Waals surface area contributed by atoms with E-state index < -0.39 is 17.8 Å².